The van der Waals surface area contributed by atoms with Crippen LogP contribution in [0.3, 0.4) is 0 Å². The zero-order valence-corrected chi connectivity index (χ0v) is 5.59. The molecule has 0 radical (unpaired) electrons. The van der Waals surface area contributed by atoms with Crippen LogP contribution in [0.4, 0.5) is 0 Å². The van der Waals surface area contributed by atoms with E-state index in [9.17, 15) is 4.79 Å². The fraction of sp³-hybridized carbons (Fsp3) is 0.200. The minimum atomic E-state index is -2.06. The van der Waals surface area contributed by atoms with Gasteiger partial charge in [-0.25, -0.2) is 4.79 Å². The SMILES string of the molecule is N#CC1(C#N)N=NN=C1C(=O)O. The Bertz CT molecular complexity index is 354. The summed E-state index contributed by atoms with van der Waals surface area (Å²) >= 11 is 0. The molecule has 12 heavy (non-hydrogen) atoms. The van der Waals surface area contributed by atoms with E-state index in [4.69, 9.17) is 15.6 Å². The van der Waals surface area contributed by atoms with Crippen LogP contribution in [0.1, 0.15) is 0 Å². The smallest absolute Gasteiger partial charge is 0.357 e. The molecule has 0 saturated carbocycles. The molecule has 0 atom stereocenters. The van der Waals surface area contributed by atoms with Crippen molar-refractivity contribution < 1.29 is 9.90 Å². The summed E-state index contributed by atoms with van der Waals surface area (Å²) in [6.45, 7) is 0. The van der Waals surface area contributed by atoms with Crippen molar-refractivity contribution in [1.29, 1.82) is 10.5 Å². The monoisotopic (exact) mass is 163 g/mol. The van der Waals surface area contributed by atoms with Crippen molar-refractivity contribution >= 4 is 11.7 Å². The Hall–Kier alpha value is -2.28. The second-order valence-electron chi connectivity index (χ2n) is 1.88. The highest BCUT2D eigenvalue weighted by atomic mass is 16.4. The average Bonchev–Trinajstić information content (AvgIpc) is 2.48. The highest BCUT2D eigenvalue weighted by molar-refractivity contribution is 6.41. The molecule has 0 bridgehead atoms. The van der Waals surface area contributed by atoms with Gasteiger partial charge < -0.3 is 5.11 Å². The van der Waals surface area contributed by atoms with Gasteiger partial charge in [0.1, 0.15) is 12.1 Å². The Morgan fingerprint density at radius 1 is 1.50 bits per heavy atom. The summed E-state index contributed by atoms with van der Waals surface area (Å²) in [5, 5.41) is 34.5. The molecule has 0 aliphatic carbocycles. The molecule has 1 heterocycles. The van der Waals surface area contributed by atoms with Crippen molar-refractivity contribution in [1.82, 2.24) is 0 Å². The molecule has 0 unspecified atom stereocenters. The lowest BCUT2D eigenvalue weighted by atomic mass is 9.99. The van der Waals surface area contributed by atoms with Gasteiger partial charge in [0.2, 0.25) is 5.71 Å². The van der Waals surface area contributed by atoms with E-state index in [0.29, 0.717) is 0 Å². The van der Waals surface area contributed by atoms with Crippen LogP contribution >= 0.6 is 0 Å². The molecule has 0 aromatic carbocycles. The summed E-state index contributed by atoms with van der Waals surface area (Å²) in [6.07, 6.45) is 0. The number of nitriles is 2. The number of aliphatic carboxylic acids is 1. The maximum absolute atomic E-state index is 10.4. The van der Waals surface area contributed by atoms with Gasteiger partial charge >= 0.3 is 11.5 Å². The molecule has 7 nitrogen and oxygen atoms in total. The van der Waals surface area contributed by atoms with Gasteiger partial charge in [-0.15, -0.1) is 10.2 Å². The van der Waals surface area contributed by atoms with Crippen LogP contribution in [0.25, 0.3) is 0 Å². The van der Waals surface area contributed by atoms with Gasteiger partial charge in [0, 0.05) is 0 Å². The number of hydrogen-bond acceptors (Lipinski definition) is 6. The lowest BCUT2D eigenvalue weighted by Gasteiger charge is -2.02. The van der Waals surface area contributed by atoms with Crippen LogP contribution in [0.5, 0.6) is 0 Å². The molecule has 0 spiro atoms. The van der Waals surface area contributed by atoms with Gasteiger partial charge in [0.25, 0.3) is 0 Å². The number of carboxylic acids is 1. The first-order chi connectivity index (χ1) is 5.66. The minimum absolute atomic E-state index is 0.660. The molecule has 1 N–H and O–H groups in total. The third-order valence-corrected chi connectivity index (χ3v) is 1.21. The Kier molecular flexibility index (Phi) is 1.56. The molecular weight excluding hydrogens is 162 g/mol. The van der Waals surface area contributed by atoms with E-state index in [1.807, 2.05) is 0 Å². The first-order valence-electron chi connectivity index (χ1n) is 2.72. The minimum Gasteiger partial charge on any atom is -0.477 e. The average molecular weight is 163 g/mol. The van der Waals surface area contributed by atoms with E-state index in [2.05, 4.69) is 15.4 Å². The zero-order valence-electron chi connectivity index (χ0n) is 5.59. The number of carbonyl (C=O) groups is 1. The largest absolute Gasteiger partial charge is 0.477 e. The summed E-state index contributed by atoms with van der Waals surface area (Å²) in [6, 6.07) is 2.85. The van der Waals surface area contributed by atoms with Gasteiger partial charge in [-0.3, -0.25) is 0 Å². The molecular formula is C5HN5O2. The quantitative estimate of drug-likeness (QED) is 0.568. The fourth-order valence-electron chi connectivity index (χ4n) is 0.627. The van der Waals surface area contributed by atoms with Crippen molar-refractivity contribution in [3.63, 3.8) is 0 Å². The number of carboxylic acid groups (broad SMARTS) is 1. The Morgan fingerprint density at radius 3 is 2.42 bits per heavy atom. The van der Waals surface area contributed by atoms with Gasteiger partial charge in [-0.2, -0.15) is 10.5 Å². The Morgan fingerprint density at radius 2 is 2.08 bits per heavy atom. The molecule has 7 heteroatoms. The first kappa shape index (κ1) is 7.82. The number of nitrogens with zero attached hydrogens (tertiary/aromatic N) is 5. The number of hydrogen-bond donors (Lipinski definition) is 1. The van der Waals surface area contributed by atoms with Crippen molar-refractivity contribution in [2.24, 2.45) is 15.4 Å². The maximum atomic E-state index is 10.4. The van der Waals surface area contributed by atoms with E-state index < -0.39 is 17.2 Å². The van der Waals surface area contributed by atoms with Crippen molar-refractivity contribution in [2.75, 3.05) is 0 Å². The number of rotatable bonds is 1. The molecule has 0 aromatic heterocycles. The summed E-state index contributed by atoms with van der Waals surface area (Å²) in [5.74, 6) is -1.47. The van der Waals surface area contributed by atoms with Gasteiger partial charge in [0.05, 0.1) is 0 Å². The molecule has 1 aliphatic rings. The lowest BCUT2D eigenvalue weighted by Crippen LogP contribution is -2.36. The van der Waals surface area contributed by atoms with Crippen LogP contribution in [-0.4, -0.2) is 22.3 Å². The van der Waals surface area contributed by atoms with E-state index in [-0.39, 0.29) is 0 Å². The van der Waals surface area contributed by atoms with Crippen molar-refractivity contribution in [3.8, 4) is 12.1 Å². The molecule has 0 amide bonds. The maximum Gasteiger partial charge on any atom is 0.357 e. The molecule has 1 aliphatic heterocycles. The van der Waals surface area contributed by atoms with E-state index in [1.165, 1.54) is 12.1 Å². The highest BCUT2D eigenvalue weighted by Gasteiger charge is 2.45. The molecule has 1 rings (SSSR count). The van der Waals surface area contributed by atoms with Crippen molar-refractivity contribution in [3.05, 3.63) is 0 Å². The standard InChI is InChI=1S/C5HN5O2/c6-1-5(2-7)3(4(11)12)8-10-9-5/h(H,11,12). The van der Waals surface area contributed by atoms with Crippen LogP contribution in [0.2, 0.25) is 0 Å². The summed E-state index contributed by atoms with van der Waals surface area (Å²) in [5.41, 5.74) is -2.72. The predicted octanol–water partition coefficient (Wildman–Crippen LogP) is -0.321. The lowest BCUT2D eigenvalue weighted by molar-refractivity contribution is -0.129. The van der Waals surface area contributed by atoms with Gasteiger partial charge in [-0.05, 0) is 5.22 Å². The summed E-state index contributed by atoms with van der Waals surface area (Å²) in [7, 11) is 0. The van der Waals surface area contributed by atoms with Crippen molar-refractivity contribution in [2.45, 2.75) is 5.54 Å². The van der Waals surface area contributed by atoms with Gasteiger partial charge in [0.15, 0.2) is 0 Å². The van der Waals surface area contributed by atoms with E-state index in [0.717, 1.165) is 0 Å². The van der Waals surface area contributed by atoms with E-state index >= 15 is 0 Å². The van der Waals surface area contributed by atoms with Gasteiger partial charge in [-0.1, -0.05) is 0 Å². The predicted molar refractivity (Wildman–Crippen MR) is 33.9 cm³/mol. The molecule has 0 saturated heterocycles. The van der Waals surface area contributed by atoms with Crippen LogP contribution < -0.4 is 0 Å². The van der Waals surface area contributed by atoms with Crippen LogP contribution in [-0.2, 0) is 4.79 Å². The first-order valence-corrected chi connectivity index (χ1v) is 2.72. The topological polar surface area (TPSA) is 122 Å². The Balaban J connectivity index is 3.20. The third-order valence-electron chi connectivity index (χ3n) is 1.21. The normalized spacial score (nSPS) is 17.7. The highest BCUT2D eigenvalue weighted by Crippen LogP contribution is 2.18. The third kappa shape index (κ3) is 0.812. The molecule has 58 valence electrons. The second kappa shape index (κ2) is 2.40. The van der Waals surface area contributed by atoms with Crippen LogP contribution in [0, 0.1) is 22.7 Å². The molecule has 0 fully saturated rings. The molecule has 0 aromatic rings. The summed E-state index contributed by atoms with van der Waals surface area (Å²) < 4.78 is 0. The second-order valence-corrected chi connectivity index (χ2v) is 1.88. The van der Waals surface area contributed by atoms with Crippen LogP contribution in [0.15, 0.2) is 15.4 Å². The fourth-order valence-corrected chi connectivity index (χ4v) is 0.627. The zero-order chi connectivity index (χ0) is 9.19. The Labute approximate surface area is 66.2 Å². The van der Waals surface area contributed by atoms with E-state index in [1.54, 1.807) is 0 Å². The summed E-state index contributed by atoms with van der Waals surface area (Å²) in [4.78, 5) is 10.4.